The van der Waals surface area contributed by atoms with E-state index in [-0.39, 0.29) is 6.04 Å². The number of ether oxygens (including phenoxy) is 1. The van der Waals surface area contributed by atoms with Crippen molar-refractivity contribution in [3.05, 3.63) is 35.9 Å². The molecule has 0 radical (unpaired) electrons. The summed E-state index contributed by atoms with van der Waals surface area (Å²) in [6.45, 7) is 0. The van der Waals surface area contributed by atoms with Crippen LogP contribution in [0.3, 0.4) is 0 Å². The Morgan fingerprint density at radius 3 is 2.60 bits per heavy atom. The molecular weight excluding hydrogens is 188 g/mol. The molecule has 15 heavy (non-hydrogen) atoms. The largest absolute Gasteiger partial charge is 0.497 e. The number of nitrogens with zero attached hydrogens (tertiary/aromatic N) is 2. The number of nitriles is 1. The minimum absolute atomic E-state index is 0.209. The summed E-state index contributed by atoms with van der Waals surface area (Å²) in [4.78, 5) is 3.97. The zero-order chi connectivity index (χ0) is 10.7. The van der Waals surface area contributed by atoms with Gasteiger partial charge in [0.05, 0.1) is 18.9 Å². The molecule has 0 aliphatic carbocycles. The van der Waals surface area contributed by atoms with Crippen LogP contribution in [0, 0.1) is 11.3 Å². The summed E-state index contributed by atoms with van der Waals surface area (Å²) in [6, 6.07) is 9.57. The molecule has 2 rings (SSSR count). The van der Waals surface area contributed by atoms with Gasteiger partial charge in [-0.3, -0.25) is 4.99 Å². The average molecular weight is 198 g/mol. The lowest BCUT2D eigenvalue weighted by molar-refractivity contribution is 0.415. The minimum atomic E-state index is -0.209. The van der Waals surface area contributed by atoms with Crippen molar-refractivity contribution >= 4 is 11.8 Å². The highest BCUT2D eigenvalue weighted by Crippen LogP contribution is 2.15. The van der Waals surface area contributed by atoms with Crippen molar-refractivity contribution < 1.29 is 4.74 Å². The van der Waals surface area contributed by atoms with Crippen molar-refractivity contribution in [2.75, 3.05) is 7.11 Å². The second-order valence-electron chi connectivity index (χ2n) is 3.19. The fourth-order valence-electron chi connectivity index (χ4n) is 1.24. The molecule has 0 aromatic heterocycles. The van der Waals surface area contributed by atoms with Gasteiger partial charge in [-0.25, -0.2) is 0 Å². The van der Waals surface area contributed by atoms with Gasteiger partial charge in [0, 0.05) is 0 Å². The molecule has 74 valence electrons. The third kappa shape index (κ3) is 2.23. The van der Waals surface area contributed by atoms with E-state index < -0.39 is 0 Å². The molecule has 0 N–H and O–H groups in total. The Bertz CT molecular complexity index is 452. The zero-order valence-corrected chi connectivity index (χ0v) is 8.34. The van der Waals surface area contributed by atoms with E-state index >= 15 is 0 Å². The molecule has 3 nitrogen and oxygen atoms in total. The lowest BCUT2D eigenvalue weighted by Gasteiger charge is -1.98. The molecular formula is C12H10N2O. The van der Waals surface area contributed by atoms with Gasteiger partial charge in [0.2, 0.25) is 0 Å². The maximum Gasteiger partial charge on any atom is 0.178 e. The van der Waals surface area contributed by atoms with Crippen molar-refractivity contribution in [1.29, 1.82) is 5.26 Å². The van der Waals surface area contributed by atoms with Crippen molar-refractivity contribution in [1.82, 2.24) is 0 Å². The Morgan fingerprint density at radius 1 is 1.33 bits per heavy atom. The molecule has 1 unspecified atom stereocenters. The van der Waals surface area contributed by atoms with Crippen LogP contribution in [-0.4, -0.2) is 18.9 Å². The number of benzene rings is 1. The molecule has 3 heteroatoms. The first-order valence-corrected chi connectivity index (χ1v) is 4.63. The SMILES string of the molecule is COc1ccc(/C=C/C2=NC2C#N)cc1. The van der Waals surface area contributed by atoms with Gasteiger partial charge >= 0.3 is 0 Å². The van der Waals surface area contributed by atoms with Crippen molar-refractivity contribution in [3.8, 4) is 11.8 Å². The van der Waals surface area contributed by atoms with Crippen LogP contribution in [0.25, 0.3) is 6.08 Å². The second kappa shape index (κ2) is 3.97. The molecule has 1 aromatic rings. The van der Waals surface area contributed by atoms with E-state index in [1.807, 2.05) is 36.4 Å². The highest BCUT2D eigenvalue weighted by Gasteiger charge is 2.23. The third-order valence-corrected chi connectivity index (χ3v) is 2.18. The normalized spacial score (nSPS) is 18.4. The van der Waals surface area contributed by atoms with E-state index in [4.69, 9.17) is 10.00 Å². The van der Waals surface area contributed by atoms with Crippen molar-refractivity contribution in [2.45, 2.75) is 6.04 Å². The quantitative estimate of drug-likeness (QED) is 0.746. The molecule has 0 saturated heterocycles. The molecule has 0 fully saturated rings. The fraction of sp³-hybridized carbons (Fsp3) is 0.167. The van der Waals surface area contributed by atoms with Crippen LogP contribution in [0.1, 0.15) is 5.56 Å². The van der Waals surface area contributed by atoms with Crippen molar-refractivity contribution in [2.24, 2.45) is 4.99 Å². The summed E-state index contributed by atoms with van der Waals surface area (Å²) in [5, 5.41) is 8.53. The zero-order valence-electron chi connectivity index (χ0n) is 8.34. The molecule has 1 aliphatic rings. The Balaban J connectivity index is 2.00. The van der Waals surface area contributed by atoms with E-state index in [0.29, 0.717) is 0 Å². The number of aliphatic imine (C=N–C) groups is 1. The molecule has 1 aliphatic heterocycles. The first kappa shape index (κ1) is 9.47. The maximum atomic E-state index is 8.53. The fourth-order valence-corrected chi connectivity index (χ4v) is 1.24. The van der Waals surface area contributed by atoms with E-state index in [2.05, 4.69) is 11.1 Å². The molecule has 0 bridgehead atoms. The van der Waals surface area contributed by atoms with Gasteiger partial charge in [-0.2, -0.15) is 5.26 Å². The summed E-state index contributed by atoms with van der Waals surface area (Å²) in [5.74, 6) is 0.839. The molecule has 0 saturated carbocycles. The van der Waals surface area contributed by atoms with Crippen LogP contribution in [0.15, 0.2) is 35.3 Å². The Labute approximate surface area is 88.3 Å². The summed E-state index contributed by atoms with van der Waals surface area (Å²) in [6.07, 6.45) is 3.81. The van der Waals surface area contributed by atoms with Gasteiger partial charge in [0.25, 0.3) is 0 Å². The first-order valence-electron chi connectivity index (χ1n) is 4.63. The first-order chi connectivity index (χ1) is 7.33. The number of methoxy groups -OCH3 is 1. The van der Waals surface area contributed by atoms with Crippen LogP contribution >= 0.6 is 0 Å². The van der Waals surface area contributed by atoms with Gasteiger partial charge in [0.1, 0.15) is 5.75 Å². The van der Waals surface area contributed by atoms with Crippen LogP contribution in [0.5, 0.6) is 5.75 Å². The number of rotatable bonds is 3. The standard InChI is InChI=1S/C12H10N2O/c1-15-10-5-2-9(3-6-10)4-7-11-12(8-13)14-11/h2-7,12H,1H3/b7-4+. The molecule has 1 atom stereocenters. The predicted molar refractivity (Wildman–Crippen MR) is 58.9 cm³/mol. The highest BCUT2D eigenvalue weighted by molar-refractivity contribution is 6.13. The van der Waals surface area contributed by atoms with Crippen LogP contribution in [0.4, 0.5) is 0 Å². The minimum Gasteiger partial charge on any atom is -0.497 e. The van der Waals surface area contributed by atoms with E-state index in [1.165, 1.54) is 0 Å². The van der Waals surface area contributed by atoms with E-state index in [1.54, 1.807) is 7.11 Å². The van der Waals surface area contributed by atoms with Gasteiger partial charge in [0.15, 0.2) is 6.04 Å². The Hall–Kier alpha value is -2.08. The van der Waals surface area contributed by atoms with Gasteiger partial charge in [-0.1, -0.05) is 18.2 Å². The number of hydrogen-bond donors (Lipinski definition) is 0. The lowest BCUT2D eigenvalue weighted by atomic mass is 10.2. The Kier molecular flexibility index (Phi) is 2.51. The Morgan fingerprint density at radius 2 is 2.07 bits per heavy atom. The monoisotopic (exact) mass is 198 g/mol. The topological polar surface area (TPSA) is 45.4 Å². The lowest BCUT2D eigenvalue weighted by Crippen LogP contribution is -1.87. The number of hydrogen-bond acceptors (Lipinski definition) is 3. The molecule has 0 amide bonds. The van der Waals surface area contributed by atoms with E-state index in [9.17, 15) is 0 Å². The summed E-state index contributed by atoms with van der Waals surface area (Å²) in [5.41, 5.74) is 1.93. The van der Waals surface area contributed by atoms with Gasteiger partial charge < -0.3 is 4.74 Å². The van der Waals surface area contributed by atoms with E-state index in [0.717, 1.165) is 17.0 Å². The molecule has 0 spiro atoms. The highest BCUT2D eigenvalue weighted by atomic mass is 16.5. The van der Waals surface area contributed by atoms with Gasteiger partial charge in [-0.05, 0) is 23.8 Å². The predicted octanol–water partition coefficient (Wildman–Crippen LogP) is 2.06. The average Bonchev–Trinajstić information content (AvgIpc) is 3.06. The third-order valence-electron chi connectivity index (χ3n) is 2.18. The van der Waals surface area contributed by atoms with Crippen LogP contribution in [-0.2, 0) is 0 Å². The molecule has 1 aromatic carbocycles. The maximum absolute atomic E-state index is 8.53. The van der Waals surface area contributed by atoms with Gasteiger partial charge in [-0.15, -0.1) is 0 Å². The summed E-state index contributed by atoms with van der Waals surface area (Å²) >= 11 is 0. The second-order valence-corrected chi connectivity index (χ2v) is 3.19. The summed E-state index contributed by atoms with van der Waals surface area (Å²) < 4.78 is 5.05. The smallest absolute Gasteiger partial charge is 0.178 e. The van der Waals surface area contributed by atoms with Crippen molar-refractivity contribution in [3.63, 3.8) is 0 Å². The summed E-state index contributed by atoms with van der Waals surface area (Å²) in [7, 11) is 1.64. The van der Waals surface area contributed by atoms with Crippen LogP contribution in [0.2, 0.25) is 0 Å². The van der Waals surface area contributed by atoms with Crippen LogP contribution < -0.4 is 4.74 Å². The molecule has 1 heterocycles.